The first kappa shape index (κ1) is 23.3. The number of nitrogens with zero attached hydrogens (tertiary/aromatic N) is 4. The fourth-order valence-corrected chi connectivity index (χ4v) is 4.08. The summed E-state index contributed by atoms with van der Waals surface area (Å²) in [5.74, 6) is 1.91. The first-order valence-electron chi connectivity index (χ1n) is 10.3. The molecule has 0 atom stereocenters. The van der Waals surface area contributed by atoms with Crippen LogP contribution in [0.15, 0.2) is 29.3 Å². The molecule has 1 fully saturated rings. The number of hydrogen-bond donors (Lipinski definition) is 1. The molecule has 1 aliphatic rings. The lowest BCUT2D eigenvalue weighted by Gasteiger charge is -2.37. The summed E-state index contributed by atoms with van der Waals surface area (Å²) in [6.45, 7) is 9.26. The Kier molecular flexibility index (Phi) is 9.03. The molecule has 1 saturated heterocycles. The van der Waals surface area contributed by atoms with Gasteiger partial charge in [0.15, 0.2) is 5.96 Å². The molecule has 1 aliphatic heterocycles. The summed E-state index contributed by atoms with van der Waals surface area (Å²) >= 11 is 0. The topological polar surface area (TPSA) is 77.5 Å². The molecule has 2 rings (SSSR count). The SMILES string of the molecule is CCNC(=NCCCN(C)S(=O)(=O)CC)N1CCN(c2ccc(OC)cc2)CC1. The Morgan fingerprint density at radius 1 is 1.17 bits per heavy atom. The minimum Gasteiger partial charge on any atom is -0.497 e. The van der Waals surface area contributed by atoms with Crippen LogP contribution in [0, 0.1) is 0 Å². The summed E-state index contributed by atoms with van der Waals surface area (Å²) in [5, 5.41) is 3.36. The van der Waals surface area contributed by atoms with Crippen molar-refractivity contribution in [2.75, 3.05) is 70.6 Å². The fraction of sp³-hybridized carbons (Fsp3) is 0.650. The van der Waals surface area contributed by atoms with E-state index in [-0.39, 0.29) is 5.75 Å². The van der Waals surface area contributed by atoms with Crippen molar-refractivity contribution >= 4 is 21.7 Å². The lowest BCUT2D eigenvalue weighted by atomic mass is 10.2. The zero-order valence-corrected chi connectivity index (χ0v) is 18.9. The van der Waals surface area contributed by atoms with Crippen LogP contribution in [0.1, 0.15) is 20.3 Å². The van der Waals surface area contributed by atoms with E-state index in [1.807, 2.05) is 12.1 Å². The third-order valence-electron chi connectivity index (χ3n) is 5.08. The Balaban J connectivity index is 1.86. The lowest BCUT2D eigenvalue weighted by molar-refractivity contribution is 0.372. The van der Waals surface area contributed by atoms with Crippen LogP contribution in [0.5, 0.6) is 5.75 Å². The van der Waals surface area contributed by atoms with E-state index in [4.69, 9.17) is 9.73 Å². The highest BCUT2D eigenvalue weighted by atomic mass is 32.2. The van der Waals surface area contributed by atoms with Gasteiger partial charge >= 0.3 is 0 Å². The number of nitrogens with one attached hydrogen (secondary N) is 1. The number of aliphatic imine (C=N–C) groups is 1. The van der Waals surface area contributed by atoms with Crippen molar-refractivity contribution in [3.05, 3.63) is 24.3 Å². The summed E-state index contributed by atoms with van der Waals surface area (Å²) in [6.07, 6.45) is 0.705. The smallest absolute Gasteiger partial charge is 0.213 e. The van der Waals surface area contributed by atoms with Gasteiger partial charge in [-0.05, 0) is 44.5 Å². The van der Waals surface area contributed by atoms with Gasteiger partial charge in [0.1, 0.15) is 5.75 Å². The van der Waals surface area contributed by atoms with Crippen molar-refractivity contribution in [3.8, 4) is 5.75 Å². The van der Waals surface area contributed by atoms with Crippen molar-refractivity contribution in [1.82, 2.24) is 14.5 Å². The molecule has 0 aromatic heterocycles. The van der Waals surface area contributed by atoms with E-state index < -0.39 is 10.0 Å². The second-order valence-electron chi connectivity index (χ2n) is 6.98. The summed E-state index contributed by atoms with van der Waals surface area (Å²) in [6, 6.07) is 8.16. The Morgan fingerprint density at radius 3 is 2.38 bits per heavy atom. The number of piperazine rings is 1. The van der Waals surface area contributed by atoms with Gasteiger partial charge in [-0.3, -0.25) is 4.99 Å². The molecule has 1 aromatic rings. The molecule has 29 heavy (non-hydrogen) atoms. The van der Waals surface area contributed by atoms with E-state index in [2.05, 4.69) is 34.2 Å². The van der Waals surface area contributed by atoms with E-state index in [1.54, 1.807) is 21.1 Å². The second-order valence-corrected chi connectivity index (χ2v) is 9.35. The molecular weight excluding hydrogens is 390 g/mol. The van der Waals surface area contributed by atoms with Crippen LogP contribution in [0.2, 0.25) is 0 Å². The van der Waals surface area contributed by atoms with Crippen molar-refractivity contribution in [2.24, 2.45) is 4.99 Å². The van der Waals surface area contributed by atoms with E-state index in [0.29, 0.717) is 19.5 Å². The first-order chi connectivity index (χ1) is 13.9. The average Bonchev–Trinajstić information content (AvgIpc) is 2.76. The normalized spacial score (nSPS) is 15.7. The Morgan fingerprint density at radius 2 is 1.83 bits per heavy atom. The maximum atomic E-state index is 11.8. The molecule has 0 spiro atoms. The molecule has 0 radical (unpaired) electrons. The Bertz CT molecular complexity index is 744. The number of rotatable bonds is 9. The minimum absolute atomic E-state index is 0.133. The largest absolute Gasteiger partial charge is 0.497 e. The van der Waals surface area contributed by atoms with Gasteiger partial charge in [-0.1, -0.05) is 0 Å². The molecule has 164 valence electrons. The predicted molar refractivity (Wildman–Crippen MR) is 119 cm³/mol. The van der Waals surface area contributed by atoms with Crippen LogP contribution in [-0.4, -0.2) is 89.3 Å². The molecule has 0 saturated carbocycles. The van der Waals surface area contributed by atoms with Crippen molar-refractivity contribution in [3.63, 3.8) is 0 Å². The van der Waals surface area contributed by atoms with Crippen molar-refractivity contribution < 1.29 is 13.2 Å². The molecule has 1 heterocycles. The third kappa shape index (κ3) is 6.78. The standard InChI is InChI=1S/C20H35N5O3S/c1-5-21-20(22-12-7-13-23(3)29(26,27)6-2)25-16-14-24(15-17-25)18-8-10-19(28-4)11-9-18/h8-11H,5-7,12-17H2,1-4H3,(H,21,22). The van der Waals surface area contributed by atoms with Gasteiger partial charge in [0.2, 0.25) is 10.0 Å². The maximum absolute atomic E-state index is 11.8. The monoisotopic (exact) mass is 425 g/mol. The molecule has 1 aromatic carbocycles. The van der Waals surface area contributed by atoms with Crippen LogP contribution >= 0.6 is 0 Å². The van der Waals surface area contributed by atoms with E-state index in [9.17, 15) is 8.42 Å². The molecule has 8 nitrogen and oxygen atoms in total. The quantitative estimate of drug-likeness (QED) is 0.367. The zero-order valence-electron chi connectivity index (χ0n) is 18.1. The minimum atomic E-state index is -3.12. The highest BCUT2D eigenvalue weighted by Crippen LogP contribution is 2.20. The predicted octanol–water partition coefficient (Wildman–Crippen LogP) is 1.45. The number of methoxy groups -OCH3 is 1. The molecule has 0 bridgehead atoms. The Hall–Kier alpha value is -2.00. The van der Waals surface area contributed by atoms with Crippen LogP contribution < -0.4 is 15.0 Å². The van der Waals surface area contributed by atoms with Gasteiger partial charge in [-0.2, -0.15) is 0 Å². The summed E-state index contributed by atoms with van der Waals surface area (Å²) < 4.78 is 30.3. The van der Waals surface area contributed by atoms with Crippen LogP contribution in [-0.2, 0) is 10.0 Å². The highest BCUT2D eigenvalue weighted by Gasteiger charge is 2.20. The number of ether oxygens (including phenoxy) is 1. The van der Waals surface area contributed by atoms with Gasteiger partial charge in [0.25, 0.3) is 0 Å². The maximum Gasteiger partial charge on any atom is 0.213 e. The zero-order chi connectivity index (χ0) is 21.3. The van der Waals surface area contributed by atoms with E-state index in [0.717, 1.165) is 44.4 Å². The average molecular weight is 426 g/mol. The van der Waals surface area contributed by atoms with Gasteiger partial charge in [-0.25, -0.2) is 12.7 Å². The van der Waals surface area contributed by atoms with E-state index >= 15 is 0 Å². The third-order valence-corrected chi connectivity index (χ3v) is 6.95. The molecule has 1 N–H and O–H groups in total. The molecule has 0 unspecified atom stereocenters. The molecule has 0 amide bonds. The van der Waals surface area contributed by atoms with Crippen LogP contribution in [0.25, 0.3) is 0 Å². The van der Waals surface area contributed by atoms with Gasteiger partial charge < -0.3 is 19.9 Å². The Labute approximate surface area is 175 Å². The number of hydrogen-bond acceptors (Lipinski definition) is 5. The van der Waals surface area contributed by atoms with Crippen molar-refractivity contribution in [1.29, 1.82) is 0 Å². The second kappa shape index (κ2) is 11.3. The fourth-order valence-electron chi connectivity index (χ4n) is 3.23. The van der Waals surface area contributed by atoms with Crippen LogP contribution in [0.3, 0.4) is 0 Å². The number of anilines is 1. The van der Waals surface area contributed by atoms with Crippen molar-refractivity contribution in [2.45, 2.75) is 20.3 Å². The number of sulfonamides is 1. The molecule has 0 aliphatic carbocycles. The first-order valence-corrected chi connectivity index (χ1v) is 11.9. The summed E-state index contributed by atoms with van der Waals surface area (Å²) in [7, 11) is 0.187. The van der Waals surface area contributed by atoms with Gasteiger partial charge in [0, 0.05) is 58.5 Å². The van der Waals surface area contributed by atoms with E-state index in [1.165, 1.54) is 9.99 Å². The van der Waals surface area contributed by atoms with Crippen LogP contribution in [0.4, 0.5) is 5.69 Å². The van der Waals surface area contributed by atoms with Gasteiger partial charge in [0.05, 0.1) is 12.9 Å². The molecular formula is C20H35N5O3S. The number of guanidine groups is 1. The number of benzene rings is 1. The summed E-state index contributed by atoms with van der Waals surface area (Å²) in [5.41, 5.74) is 1.20. The van der Waals surface area contributed by atoms with Gasteiger partial charge in [-0.15, -0.1) is 0 Å². The lowest BCUT2D eigenvalue weighted by Crippen LogP contribution is -2.52. The summed E-state index contributed by atoms with van der Waals surface area (Å²) in [4.78, 5) is 9.35. The molecule has 9 heteroatoms. The highest BCUT2D eigenvalue weighted by molar-refractivity contribution is 7.89.